The van der Waals surface area contributed by atoms with Crippen molar-refractivity contribution in [2.45, 2.75) is 6.92 Å². The van der Waals surface area contributed by atoms with Gasteiger partial charge >= 0.3 is 5.97 Å². The normalized spacial score (nSPS) is 11.6. The van der Waals surface area contributed by atoms with Crippen molar-refractivity contribution in [2.75, 3.05) is 23.4 Å². The fraction of sp³-hybridized carbons (Fsp3) is 0.278. The Labute approximate surface area is 178 Å². The zero-order valence-corrected chi connectivity index (χ0v) is 18.2. The van der Waals surface area contributed by atoms with E-state index in [1.165, 1.54) is 34.4 Å². The number of aryl methyl sites for hydroxylation is 1. The topological polar surface area (TPSA) is 103 Å². The number of thiazole rings is 2. The van der Waals surface area contributed by atoms with Gasteiger partial charge in [-0.15, -0.1) is 23.1 Å². The molecule has 1 N–H and O–H groups in total. The lowest BCUT2D eigenvalue weighted by atomic mass is 10.2. The molecule has 0 unspecified atom stereocenters. The number of benzene rings is 1. The quantitative estimate of drug-likeness (QED) is 0.555. The Bertz CT molecular complexity index is 1100. The zero-order valence-electron chi connectivity index (χ0n) is 15.7. The second kappa shape index (κ2) is 9.81. The monoisotopic (exact) mass is 450 g/mol. The molecule has 11 heteroatoms. The molecule has 2 aromatic heterocycles. The van der Waals surface area contributed by atoms with E-state index < -0.39 is 0 Å². The zero-order chi connectivity index (χ0) is 20.8. The minimum atomic E-state index is -0.382. The summed E-state index contributed by atoms with van der Waals surface area (Å²) >= 11 is 3.84. The van der Waals surface area contributed by atoms with E-state index in [1.54, 1.807) is 41.3 Å². The fourth-order valence-corrected chi connectivity index (χ4v) is 4.61. The highest BCUT2D eigenvalue weighted by Crippen LogP contribution is 2.19. The van der Waals surface area contributed by atoms with Gasteiger partial charge in [0.1, 0.15) is 0 Å². The highest BCUT2D eigenvalue weighted by Gasteiger charge is 2.11. The van der Waals surface area contributed by atoms with E-state index in [0.29, 0.717) is 22.1 Å². The maximum atomic E-state index is 12.2. The number of aromatic nitrogens is 2. The second-order valence-corrected chi connectivity index (χ2v) is 8.62. The number of rotatable bonds is 7. The summed E-state index contributed by atoms with van der Waals surface area (Å²) in [5, 5.41) is 4.96. The molecule has 0 aliphatic rings. The largest absolute Gasteiger partial charge is 0.462 e. The van der Waals surface area contributed by atoms with Crippen molar-refractivity contribution in [3.05, 3.63) is 40.1 Å². The average molecular weight is 451 g/mol. The molecule has 3 rings (SSSR count). The van der Waals surface area contributed by atoms with Gasteiger partial charge in [0.15, 0.2) is 9.93 Å². The van der Waals surface area contributed by atoms with Crippen LogP contribution >= 0.6 is 34.4 Å². The minimum absolute atomic E-state index is 0.0909. The van der Waals surface area contributed by atoms with Crippen molar-refractivity contribution in [1.82, 2.24) is 9.55 Å². The van der Waals surface area contributed by atoms with Crippen LogP contribution in [0, 0.1) is 0 Å². The highest BCUT2D eigenvalue weighted by atomic mass is 32.2. The number of hydrogen-bond acceptors (Lipinski definition) is 8. The van der Waals surface area contributed by atoms with Gasteiger partial charge < -0.3 is 14.6 Å². The molecule has 0 aliphatic heterocycles. The first-order valence-corrected chi connectivity index (χ1v) is 11.4. The van der Waals surface area contributed by atoms with E-state index in [4.69, 9.17) is 4.74 Å². The van der Waals surface area contributed by atoms with Gasteiger partial charge in [-0.25, -0.2) is 9.78 Å². The molecule has 3 aromatic rings. The predicted octanol–water partition coefficient (Wildman–Crippen LogP) is 2.67. The second-order valence-electron chi connectivity index (χ2n) is 5.73. The summed E-state index contributed by atoms with van der Waals surface area (Å²) in [7, 11) is 1.81. The van der Waals surface area contributed by atoms with Crippen molar-refractivity contribution < 1.29 is 19.1 Å². The van der Waals surface area contributed by atoms with Crippen LogP contribution in [0.5, 0.6) is 0 Å². The van der Waals surface area contributed by atoms with Crippen LogP contribution in [-0.4, -0.2) is 45.4 Å². The molecule has 8 nitrogen and oxygen atoms in total. The van der Waals surface area contributed by atoms with Crippen molar-refractivity contribution in [3.8, 4) is 0 Å². The molecule has 0 saturated heterocycles. The summed E-state index contributed by atoms with van der Waals surface area (Å²) in [6.07, 6.45) is 1.61. The molecule has 0 aliphatic carbocycles. The van der Waals surface area contributed by atoms with E-state index in [9.17, 15) is 14.4 Å². The van der Waals surface area contributed by atoms with Gasteiger partial charge in [-0.3, -0.25) is 9.59 Å². The Morgan fingerprint density at radius 3 is 2.86 bits per heavy atom. The minimum Gasteiger partial charge on any atom is -0.462 e. The van der Waals surface area contributed by atoms with Crippen LogP contribution in [0.3, 0.4) is 0 Å². The number of fused-ring (bicyclic) bond motifs is 1. The number of thioether (sulfide) groups is 1. The molecule has 0 atom stereocenters. The fourth-order valence-electron chi connectivity index (χ4n) is 2.39. The van der Waals surface area contributed by atoms with Gasteiger partial charge in [0, 0.05) is 18.6 Å². The number of esters is 1. The third-order valence-corrected chi connectivity index (χ3v) is 6.38. The molecule has 1 aromatic carbocycles. The van der Waals surface area contributed by atoms with Crippen LogP contribution in [0.15, 0.2) is 34.8 Å². The predicted molar refractivity (Wildman–Crippen MR) is 115 cm³/mol. The maximum absolute atomic E-state index is 12.2. The number of anilines is 1. The summed E-state index contributed by atoms with van der Waals surface area (Å²) < 4.78 is 7.65. The van der Waals surface area contributed by atoms with E-state index in [-0.39, 0.29) is 29.3 Å². The van der Waals surface area contributed by atoms with Crippen LogP contribution in [-0.2, 0) is 21.4 Å². The Kier molecular flexibility index (Phi) is 7.18. The SMILES string of the molecule is CCOC(=O)c1ccc2c(c1)sc(=NC(=O)CSCC(=O)Nc1nccs1)n2C. The smallest absolute Gasteiger partial charge is 0.338 e. The third kappa shape index (κ3) is 5.52. The first-order valence-electron chi connectivity index (χ1n) is 8.59. The number of nitrogens with one attached hydrogen (secondary N) is 1. The lowest BCUT2D eigenvalue weighted by molar-refractivity contribution is -0.115. The highest BCUT2D eigenvalue weighted by molar-refractivity contribution is 8.00. The van der Waals surface area contributed by atoms with Crippen molar-refractivity contribution >= 4 is 67.6 Å². The molecule has 2 heterocycles. The molecule has 2 amide bonds. The summed E-state index contributed by atoms with van der Waals surface area (Å²) in [6, 6.07) is 5.23. The number of nitrogens with zero attached hydrogens (tertiary/aromatic N) is 3. The van der Waals surface area contributed by atoms with Crippen molar-refractivity contribution in [3.63, 3.8) is 0 Å². The van der Waals surface area contributed by atoms with Gasteiger partial charge in [0.05, 0.1) is 33.9 Å². The molecule has 0 saturated carbocycles. The number of carbonyl (C=O) groups is 3. The van der Waals surface area contributed by atoms with E-state index in [1.807, 2.05) is 7.05 Å². The molecule has 0 fully saturated rings. The first kappa shape index (κ1) is 21.2. The van der Waals surface area contributed by atoms with Crippen LogP contribution in [0.25, 0.3) is 10.2 Å². The Balaban J connectivity index is 1.64. The number of carbonyl (C=O) groups excluding carboxylic acids is 3. The van der Waals surface area contributed by atoms with E-state index in [0.717, 1.165) is 10.2 Å². The molecule has 0 radical (unpaired) electrons. The molecular weight excluding hydrogens is 432 g/mol. The van der Waals surface area contributed by atoms with Crippen LogP contribution in [0.2, 0.25) is 0 Å². The molecular formula is C18H18N4O4S3. The summed E-state index contributed by atoms with van der Waals surface area (Å²) in [4.78, 5) is 44.5. The van der Waals surface area contributed by atoms with Gasteiger partial charge in [0.25, 0.3) is 5.91 Å². The Morgan fingerprint density at radius 2 is 2.14 bits per heavy atom. The Morgan fingerprint density at radius 1 is 1.31 bits per heavy atom. The molecule has 0 bridgehead atoms. The van der Waals surface area contributed by atoms with Gasteiger partial charge in [-0.05, 0) is 25.1 Å². The van der Waals surface area contributed by atoms with E-state index in [2.05, 4.69) is 15.3 Å². The molecule has 0 spiro atoms. The van der Waals surface area contributed by atoms with Crippen LogP contribution in [0.4, 0.5) is 5.13 Å². The van der Waals surface area contributed by atoms with Crippen molar-refractivity contribution in [1.29, 1.82) is 0 Å². The maximum Gasteiger partial charge on any atom is 0.338 e. The lowest BCUT2D eigenvalue weighted by Gasteiger charge is -2.01. The van der Waals surface area contributed by atoms with Gasteiger partial charge in [-0.2, -0.15) is 4.99 Å². The summed E-state index contributed by atoms with van der Waals surface area (Å²) in [6.45, 7) is 2.06. The standard InChI is InChI=1S/C18H18N4O4S3/c1-3-26-16(25)11-4-5-12-13(8-11)29-18(22(12)2)21-15(24)10-27-9-14(23)20-17-19-6-7-28-17/h4-8H,3,9-10H2,1-2H3,(H,19,20,23). The number of amides is 2. The number of ether oxygens (including phenoxy) is 1. The molecule has 152 valence electrons. The lowest BCUT2D eigenvalue weighted by Crippen LogP contribution is -2.17. The van der Waals surface area contributed by atoms with Gasteiger partial charge in [0.2, 0.25) is 5.91 Å². The Hall–Kier alpha value is -2.50. The van der Waals surface area contributed by atoms with Crippen molar-refractivity contribution in [2.24, 2.45) is 12.0 Å². The number of hydrogen-bond donors (Lipinski definition) is 1. The van der Waals surface area contributed by atoms with Crippen LogP contribution < -0.4 is 10.1 Å². The summed E-state index contributed by atoms with van der Waals surface area (Å²) in [5.41, 5.74) is 1.32. The third-order valence-electron chi connectivity index (χ3n) is 3.68. The summed E-state index contributed by atoms with van der Waals surface area (Å²) in [5.74, 6) is -0.690. The first-order chi connectivity index (χ1) is 14.0. The van der Waals surface area contributed by atoms with Gasteiger partial charge in [-0.1, -0.05) is 11.3 Å². The van der Waals surface area contributed by atoms with E-state index >= 15 is 0 Å². The molecule has 29 heavy (non-hydrogen) atoms. The van der Waals surface area contributed by atoms with Crippen LogP contribution in [0.1, 0.15) is 17.3 Å². The average Bonchev–Trinajstić information content (AvgIpc) is 3.30.